The summed E-state index contributed by atoms with van der Waals surface area (Å²) in [6, 6.07) is 13.1. The number of rotatable bonds is 8. The number of hydrogen-bond donors (Lipinski definition) is 2. The first-order valence-corrected chi connectivity index (χ1v) is 14.8. The zero-order valence-electron chi connectivity index (χ0n) is 22.3. The van der Waals surface area contributed by atoms with Gasteiger partial charge in [0.05, 0.1) is 11.9 Å². The van der Waals surface area contributed by atoms with Gasteiger partial charge in [-0.2, -0.15) is 8.42 Å². The lowest BCUT2D eigenvalue weighted by atomic mass is 10.0. The Morgan fingerprint density at radius 2 is 1.62 bits per heavy atom. The fourth-order valence-corrected chi connectivity index (χ4v) is 5.68. The van der Waals surface area contributed by atoms with E-state index in [1.165, 1.54) is 4.52 Å². The van der Waals surface area contributed by atoms with Crippen molar-refractivity contribution in [2.75, 3.05) is 0 Å². The number of carbonyl (C=O) groups is 2. The number of fused-ring (bicyclic) bond motifs is 1. The second-order valence-corrected chi connectivity index (χ2v) is 13.4. The second kappa shape index (κ2) is 11.4. The molecule has 212 valence electrons. The summed E-state index contributed by atoms with van der Waals surface area (Å²) in [5.74, 6) is -0.0580. The smallest absolute Gasteiger partial charge is 0.408 e. The average Bonchev–Trinajstić information content (AvgIpc) is 3.43. The third-order valence-electron chi connectivity index (χ3n) is 5.31. The highest BCUT2D eigenvalue weighted by molar-refractivity contribution is 7.92. The van der Waals surface area contributed by atoms with Crippen molar-refractivity contribution < 1.29 is 27.5 Å². The molecule has 0 aliphatic heterocycles. The van der Waals surface area contributed by atoms with Crippen molar-refractivity contribution in [2.24, 2.45) is 5.92 Å². The monoisotopic (exact) mass is 605 g/mol. The lowest BCUT2D eigenvalue weighted by Crippen LogP contribution is -2.52. The molecule has 0 aliphatic rings. The predicted molar refractivity (Wildman–Crippen MR) is 151 cm³/mol. The van der Waals surface area contributed by atoms with Gasteiger partial charge in [-0.15, -0.1) is 5.10 Å². The summed E-state index contributed by atoms with van der Waals surface area (Å²) in [5, 5.41) is 7.14. The Bertz CT molecular complexity index is 1590. The molecular weight excluding hydrogens is 578 g/mol. The van der Waals surface area contributed by atoms with Crippen molar-refractivity contribution in [3.63, 3.8) is 0 Å². The molecular formula is C26H28ClN5O6S2. The molecule has 0 spiro atoms. The number of carbonyl (C=O) groups excluding carboxylic acids is 2. The molecule has 11 nitrogen and oxygen atoms in total. The molecule has 1 unspecified atom stereocenters. The van der Waals surface area contributed by atoms with Crippen molar-refractivity contribution in [1.82, 2.24) is 24.6 Å². The summed E-state index contributed by atoms with van der Waals surface area (Å²) in [5.41, 5.74) is 0.564. The minimum absolute atomic E-state index is 0.316. The Labute approximate surface area is 240 Å². The summed E-state index contributed by atoms with van der Waals surface area (Å²) in [7, 11) is -4.33. The number of hydrogen-bond acceptors (Lipinski definition) is 9. The molecule has 0 fully saturated rings. The van der Waals surface area contributed by atoms with E-state index in [2.05, 4.69) is 15.4 Å². The van der Waals surface area contributed by atoms with Gasteiger partial charge in [-0.25, -0.2) is 19.0 Å². The number of imidazole rings is 1. The Balaban J connectivity index is 1.45. The predicted octanol–water partition coefficient (Wildman–Crippen LogP) is 5.26. The molecule has 4 aromatic rings. The Hall–Kier alpha value is -3.68. The number of sulfonamides is 1. The topological polar surface area (TPSA) is 141 Å². The number of amides is 2. The molecule has 40 heavy (non-hydrogen) atoms. The highest BCUT2D eigenvalue weighted by Crippen LogP contribution is 2.28. The number of nitrogens with one attached hydrogen (secondary N) is 2. The van der Waals surface area contributed by atoms with Gasteiger partial charge in [0.2, 0.25) is 4.96 Å². The molecule has 0 bridgehead atoms. The van der Waals surface area contributed by atoms with Crippen LogP contribution in [-0.4, -0.2) is 46.7 Å². The van der Waals surface area contributed by atoms with Gasteiger partial charge in [-0.05, 0) is 75.2 Å². The lowest BCUT2D eigenvalue weighted by molar-refractivity contribution is -0.122. The summed E-state index contributed by atoms with van der Waals surface area (Å²) >= 11 is 6.70. The van der Waals surface area contributed by atoms with Crippen LogP contribution in [0.4, 0.5) is 4.79 Å². The van der Waals surface area contributed by atoms with E-state index in [0.717, 1.165) is 16.9 Å². The minimum atomic E-state index is -4.33. The fraction of sp³-hybridized carbons (Fsp3) is 0.308. The number of aromatic nitrogens is 3. The van der Waals surface area contributed by atoms with Crippen LogP contribution in [0, 0.1) is 5.92 Å². The summed E-state index contributed by atoms with van der Waals surface area (Å²) in [4.78, 5) is 29.7. The number of benzene rings is 2. The van der Waals surface area contributed by atoms with Crippen LogP contribution in [0.1, 0.15) is 34.6 Å². The van der Waals surface area contributed by atoms with E-state index in [1.807, 2.05) is 16.9 Å². The molecule has 0 saturated carbocycles. The van der Waals surface area contributed by atoms with Gasteiger partial charge >= 0.3 is 6.09 Å². The second-order valence-electron chi connectivity index (χ2n) is 10.1. The maximum absolute atomic E-state index is 12.9. The van der Waals surface area contributed by atoms with Gasteiger partial charge in [0, 0.05) is 10.6 Å². The molecule has 2 aromatic carbocycles. The molecule has 2 aromatic heterocycles. The molecule has 4 rings (SSSR count). The van der Waals surface area contributed by atoms with Gasteiger partial charge in [-0.3, -0.25) is 4.79 Å². The van der Waals surface area contributed by atoms with Crippen molar-refractivity contribution in [1.29, 1.82) is 0 Å². The zero-order chi connectivity index (χ0) is 29.2. The number of alkyl carbamates (subject to hydrolysis) is 1. The molecule has 14 heteroatoms. The minimum Gasteiger partial charge on any atom is -0.457 e. The largest absolute Gasteiger partial charge is 0.457 e. The van der Waals surface area contributed by atoms with Crippen LogP contribution >= 0.6 is 22.9 Å². The lowest BCUT2D eigenvalue weighted by Gasteiger charge is -2.24. The molecule has 2 amide bonds. The summed E-state index contributed by atoms with van der Waals surface area (Å²) in [6.07, 6.45) is 0.756. The van der Waals surface area contributed by atoms with E-state index in [1.54, 1.807) is 77.2 Å². The standard InChI is InChI=1S/C26H28ClN5O6S2/c1-15(2)21(29-24(34)38-26(3,4)5)22(33)31-40(35,36)25-30-32-14-20(28-23(32)39-25)16-6-10-18(11-7-16)37-19-12-8-17(27)9-13-19/h6-15,21H,1-5H3,(H,29,34)(H,31,33). The molecule has 2 heterocycles. The van der Waals surface area contributed by atoms with Gasteiger partial charge in [0.25, 0.3) is 20.3 Å². The van der Waals surface area contributed by atoms with Crippen molar-refractivity contribution in [3.05, 3.63) is 59.8 Å². The summed E-state index contributed by atoms with van der Waals surface area (Å²) < 4.78 is 39.8. The highest BCUT2D eigenvalue weighted by atomic mass is 35.5. The van der Waals surface area contributed by atoms with E-state index < -0.39 is 39.6 Å². The normalized spacial score (nSPS) is 12.8. The van der Waals surface area contributed by atoms with E-state index in [-0.39, 0.29) is 4.34 Å². The van der Waals surface area contributed by atoms with Crippen LogP contribution in [0.2, 0.25) is 5.02 Å². The maximum atomic E-state index is 12.9. The van der Waals surface area contributed by atoms with Crippen LogP contribution in [-0.2, 0) is 19.6 Å². The van der Waals surface area contributed by atoms with Gasteiger partial charge < -0.3 is 14.8 Å². The molecule has 2 N–H and O–H groups in total. The van der Waals surface area contributed by atoms with Crippen LogP contribution in [0.5, 0.6) is 11.5 Å². The first-order valence-electron chi connectivity index (χ1n) is 12.2. The number of ether oxygens (including phenoxy) is 2. The Morgan fingerprint density at radius 3 is 2.17 bits per heavy atom. The fourth-order valence-electron chi connectivity index (χ4n) is 3.47. The molecule has 0 radical (unpaired) electrons. The zero-order valence-corrected chi connectivity index (χ0v) is 24.7. The summed E-state index contributed by atoms with van der Waals surface area (Å²) in [6.45, 7) is 8.38. The number of halogens is 1. The maximum Gasteiger partial charge on any atom is 0.408 e. The third kappa shape index (κ3) is 7.29. The van der Waals surface area contributed by atoms with Crippen molar-refractivity contribution in [2.45, 2.75) is 50.6 Å². The van der Waals surface area contributed by atoms with Gasteiger partial charge in [0.1, 0.15) is 23.1 Å². The van der Waals surface area contributed by atoms with E-state index in [9.17, 15) is 18.0 Å². The Morgan fingerprint density at radius 1 is 1.02 bits per heavy atom. The first kappa shape index (κ1) is 29.3. The third-order valence-corrected chi connectivity index (χ3v) is 8.20. The van der Waals surface area contributed by atoms with Crippen LogP contribution < -0.4 is 14.8 Å². The van der Waals surface area contributed by atoms with Gasteiger partial charge in [0.15, 0.2) is 0 Å². The highest BCUT2D eigenvalue weighted by Gasteiger charge is 2.32. The number of nitrogens with zero attached hydrogens (tertiary/aromatic N) is 3. The van der Waals surface area contributed by atoms with Crippen LogP contribution in [0.3, 0.4) is 0 Å². The first-order chi connectivity index (χ1) is 18.7. The van der Waals surface area contributed by atoms with E-state index >= 15 is 0 Å². The average molecular weight is 606 g/mol. The Kier molecular flexibility index (Phi) is 8.38. The van der Waals surface area contributed by atoms with Crippen LogP contribution in [0.15, 0.2) is 59.1 Å². The molecule has 0 aliphatic carbocycles. The molecule has 0 saturated heterocycles. The van der Waals surface area contributed by atoms with E-state index in [0.29, 0.717) is 27.2 Å². The van der Waals surface area contributed by atoms with Crippen molar-refractivity contribution >= 4 is 49.9 Å². The van der Waals surface area contributed by atoms with Gasteiger partial charge in [-0.1, -0.05) is 36.8 Å². The van der Waals surface area contributed by atoms with E-state index in [4.69, 9.17) is 21.1 Å². The molecule has 1 atom stereocenters. The van der Waals surface area contributed by atoms with Crippen molar-refractivity contribution in [3.8, 4) is 22.8 Å². The SMILES string of the molecule is CC(C)C(NC(=O)OC(C)(C)C)C(=O)NS(=O)(=O)c1nn2cc(-c3ccc(Oc4ccc(Cl)cc4)cc3)nc2s1. The van der Waals surface area contributed by atoms with Crippen LogP contribution in [0.25, 0.3) is 16.2 Å². The quantitative estimate of drug-likeness (QED) is 0.277.